The molecule has 1 aliphatic heterocycles. The molecule has 1 aromatic rings. The maximum atomic E-state index is 12.4. The molecule has 1 saturated heterocycles. The summed E-state index contributed by atoms with van der Waals surface area (Å²) in [6, 6.07) is 6.41. The van der Waals surface area contributed by atoms with E-state index in [1.807, 2.05) is 11.8 Å². The van der Waals surface area contributed by atoms with Gasteiger partial charge >= 0.3 is 0 Å². The van der Waals surface area contributed by atoms with Gasteiger partial charge in [0.2, 0.25) is 10.0 Å². The number of anilines is 1. The molecule has 1 atom stereocenters. The molecule has 1 aromatic carbocycles. The Bertz CT molecular complexity index is 499. The van der Waals surface area contributed by atoms with Crippen LogP contribution in [0.3, 0.4) is 0 Å². The van der Waals surface area contributed by atoms with Crippen LogP contribution in [-0.4, -0.2) is 36.8 Å². The van der Waals surface area contributed by atoms with E-state index in [-0.39, 0.29) is 0 Å². The Morgan fingerprint density at radius 3 is 2.67 bits per heavy atom. The zero-order chi connectivity index (χ0) is 13.2. The first-order valence-electron chi connectivity index (χ1n) is 6.01. The van der Waals surface area contributed by atoms with Gasteiger partial charge in [-0.2, -0.15) is 16.1 Å². The van der Waals surface area contributed by atoms with E-state index >= 15 is 0 Å². The van der Waals surface area contributed by atoms with Gasteiger partial charge < -0.3 is 5.73 Å². The maximum Gasteiger partial charge on any atom is 0.243 e. The first kappa shape index (κ1) is 13.7. The molecule has 0 aromatic heterocycles. The van der Waals surface area contributed by atoms with Gasteiger partial charge in [-0.15, -0.1) is 0 Å². The SMILES string of the molecule is CCC1CN(S(=O)(=O)c2ccc(N)cc2)CCS1. The fourth-order valence-electron chi connectivity index (χ4n) is 1.95. The summed E-state index contributed by atoms with van der Waals surface area (Å²) >= 11 is 1.85. The fourth-order valence-corrected chi connectivity index (χ4v) is 4.82. The predicted molar refractivity (Wildman–Crippen MR) is 76.2 cm³/mol. The van der Waals surface area contributed by atoms with Crippen molar-refractivity contribution in [1.82, 2.24) is 4.31 Å². The average Bonchev–Trinajstić information content (AvgIpc) is 2.39. The Kier molecular flexibility index (Phi) is 4.19. The zero-order valence-corrected chi connectivity index (χ0v) is 12.0. The Hall–Kier alpha value is -0.720. The topological polar surface area (TPSA) is 63.4 Å². The number of hydrogen-bond donors (Lipinski definition) is 1. The van der Waals surface area contributed by atoms with E-state index < -0.39 is 10.0 Å². The van der Waals surface area contributed by atoms with E-state index in [0.717, 1.165) is 12.2 Å². The van der Waals surface area contributed by atoms with E-state index in [4.69, 9.17) is 5.73 Å². The summed E-state index contributed by atoms with van der Waals surface area (Å²) < 4.78 is 26.5. The number of hydrogen-bond acceptors (Lipinski definition) is 4. The van der Waals surface area contributed by atoms with Crippen molar-refractivity contribution < 1.29 is 8.42 Å². The van der Waals surface area contributed by atoms with Gasteiger partial charge in [0.15, 0.2) is 0 Å². The summed E-state index contributed by atoms with van der Waals surface area (Å²) in [5, 5.41) is 0.405. The van der Waals surface area contributed by atoms with Crippen LogP contribution in [0.5, 0.6) is 0 Å². The van der Waals surface area contributed by atoms with E-state index in [9.17, 15) is 8.42 Å². The van der Waals surface area contributed by atoms with Crippen molar-refractivity contribution in [2.45, 2.75) is 23.5 Å². The van der Waals surface area contributed by atoms with Crippen LogP contribution in [0.4, 0.5) is 5.69 Å². The third-order valence-electron chi connectivity index (χ3n) is 3.07. The summed E-state index contributed by atoms with van der Waals surface area (Å²) in [5.74, 6) is 0.868. The van der Waals surface area contributed by atoms with Crippen molar-refractivity contribution in [3.8, 4) is 0 Å². The van der Waals surface area contributed by atoms with Gasteiger partial charge in [0.05, 0.1) is 4.90 Å². The molecule has 1 unspecified atom stereocenters. The van der Waals surface area contributed by atoms with Crippen molar-refractivity contribution >= 4 is 27.5 Å². The van der Waals surface area contributed by atoms with E-state index in [0.29, 0.717) is 28.9 Å². The molecule has 0 saturated carbocycles. The van der Waals surface area contributed by atoms with Crippen LogP contribution in [0.1, 0.15) is 13.3 Å². The minimum absolute atomic E-state index is 0.332. The summed E-state index contributed by atoms with van der Waals surface area (Å²) in [4.78, 5) is 0.332. The Morgan fingerprint density at radius 1 is 1.39 bits per heavy atom. The molecule has 1 fully saturated rings. The van der Waals surface area contributed by atoms with E-state index in [1.54, 1.807) is 28.6 Å². The average molecular weight is 286 g/mol. The fraction of sp³-hybridized carbons (Fsp3) is 0.500. The van der Waals surface area contributed by atoms with Crippen LogP contribution in [0, 0.1) is 0 Å². The van der Waals surface area contributed by atoms with Crippen molar-refractivity contribution in [2.75, 3.05) is 24.6 Å². The quantitative estimate of drug-likeness (QED) is 0.860. The van der Waals surface area contributed by atoms with Gasteiger partial charge in [-0.1, -0.05) is 6.92 Å². The van der Waals surface area contributed by atoms with Crippen LogP contribution >= 0.6 is 11.8 Å². The molecule has 4 nitrogen and oxygen atoms in total. The number of rotatable bonds is 3. The second-order valence-electron chi connectivity index (χ2n) is 4.33. The highest BCUT2D eigenvalue weighted by molar-refractivity contribution is 8.00. The molecule has 100 valence electrons. The lowest BCUT2D eigenvalue weighted by Crippen LogP contribution is -2.41. The molecule has 0 aliphatic carbocycles. The van der Waals surface area contributed by atoms with Crippen molar-refractivity contribution in [2.24, 2.45) is 0 Å². The monoisotopic (exact) mass is 286 g/mol. The second-order valence-corrected chi connectivity index (χ2v) is 7.68. The van der Waals surface area contributed by atoms with Gasteiger partial charge in [0, 0.05) is 29.8 Å². The van der Waals surface area contributed by atoms with Gasteiger partial charge in [0.25, 0.3) is 0 Å². The normalized spacial score (nSPS) is 21.9. The van der Waals surface area contributed by atoms with Gasteiger partial charge in [-0.25, -0.2) is 8.42 Å². The lowest BCUT2D eigenvalue weighted by Gasteiger charge is -2.31. The summed E-state index contributed by atoms with van der Waals surface area (Å²) in [6.07, 6.45) is 0.998. The highest BCUT2D eigenvalue weighted by atomic mass is 32.2. The highest BCUT2D eigenvalue weighted by Gasteiger charge is 2.29. The predicted octanol–water partition coefficient (Wildman–Crippen LogP) is 1.78. The van der Waals surface area contributed by atoms with Crippen LogP contribution < -0.4 is 5.73 Å². The first-order valence-corrected chi connectivity index (χ1v) is 8.50. The van der Waals surface area contributed by atoms with Crippen LogP contribution in [0.2, 0.25) is 0 Å². The Morgan fingerprint density at radius 2 is 2.06 bits per heavy atom. The minimum Gasteiger partial charge on any atom is -0.399 e. The third-order valence-corrected chi connectivity index (χ3v) is 6.33. The molecule has 6 heteroatoms. The molecule has 2 N–H and O–H groups in total. The number of sulfonamides is 1. The smallest absolute Gasteiger partial charge is 0.243 e. The molecule has 0 spiro atoms. The summed E-state index contributed by atoms with van der Waals surface area (Å²) in [5.41, 5.74) is 6.16. The zero-order valence-electron chi connectivity index (χ0n) is 10.4. The number of nitrogen functional groups attached to an aromatic ring is 1. The highest BCUT2D eigenvalue weighted by Crippen LogP contribution is 2.26. The Balaban J connectivity index is 2.22. The summed E-state index contributed by atoms with van der Waals surface area (Å²) in [6.45, 7) is 3.29. The molecule has 1 aliphatic rings. The minimum atomic E-state index is -3.36. The van der Waals surface area contributed by atoms with E-state index in [2.05, 4.69) is 6.92 Å². The number of nitrogens with zero attached hydrogens (tertiary/aromatic N) is 1. The number of thioether (sulfide) groups is 1. The molecule has 18 heavy (non-hydrogen) atoms. The van der Waals surface area contributed by atoms with Gasteiger partial charge in [-0.3, -0.25) is 0 Å². The first-order chi connectivity index (χ1) is 8.54. The largest absolute Gasteiger partial charge is 0.399 e. The van der Waals surface area contributed by atoms with Gasteiger partial charge in [-0.05, 0) is 30.7 Å². The lowest BCUT2D eigenvalue weighted by atomic mass is 10.3. The molecular weight excluding hydrogens is 268 g/mol. The van der Waals surface area contributed by atoms with Crippen molar-refractivity contribution in [1.29, 1.82) is 0 Å². The molecule has 0 radical (unpaired) electrons. The van der Waals surface area contributed by atoms with E-state index in [1.165, 1.54) is 0 Å². The number of benzene rings is 1. The van der Waals surface area contributed by atoms with Crippen molar-refractivity contribution in [3.63, 3.8) is 0 Å². The van der Waals surface area contributed by atoms with Crippen LogP contribution in [-0.2, 0) is 10.0 Å². The van der Waals surface area contributed by atoms with Gasteiger partial charge in [0.1, 0.15) is 0 Å². The lowest BCUT2D eigenvalue weighted by molar-refractivity contribution is 0.416. The van der Waals surface area contributed by atoms with Crippen LogP contribution in [0.15, 0.2) is 29.2 Å². The molecular formula is C12H18N2O2S2. The van der Waals surface area contributed by atoms with Crippen LogP contribution in [0.25, 0.3) is 0 Å². The Labute approximate surface area is 113 Å². The van der Waals surface area contributed by atoms with Crippen molar-refractivity contribution in [3.05, 3.63) is 24.3 Å². The molecule has 2 rings (SSSR count). The third kappa shape index (κ3) is 2.81. The summed E-state index contributed by atoms with van der Waals surface area (Å²) in [7, 11) is -3.36. The number of nitrogens with two attached hydrogens (primary N) is 1. The molecule has 0 bridgehead atoms. The maximum absolute atomic E-state index is 12.4. The molecule has 0 amide bonds. The standard InChI is InChI=1S/C12H18N2O2S2/c1-2-11-9-14(7-8-17-11)18(15,16)12-5-3-10(13)4-6-12/h3-6,11H,2,7-9,13H2,1H3. The second kappa shape index (κ2) is 5.50. The molecule has 1 heterocycles.